The van der Waals surface area contributed by atoms with Gasteiger partial charge in [0.2, 0.25) is 0 Å². The van der Waals surface area contributed by atoms with Gasteiger partial charge < -0.3 is 20.1 Å². The third-order valence-electron chi connectivity index (χ3n) is 4.80. The van der Waals surface area contributed by atoms with Gasteiger partial charge in [0.15, 0.2) is 5.96 Å². The van der Waals surface area contributed by atoms with E-state index in [0.29, 0.717) is 6.54 Å². The molecule has 1 aliphatic heterocycles. The Bertz CT molecular complexity index is 679. The summed E-state index contributed by atoms with van der Waals surface area (Å²) in [5.74, 6) is 1.84. The van der Waals surface area contributed by atoms with Crippen molar-refractivity contribution in [3.05, 3.63) is 54.1 Å². The van der Waals surface area contributed by atoms with E-state index >= 15 is 0 Å². The molecule has 0 atom stereocenters. The van der Waals surface area contributed by atoms with Crippen molar-refractivity contribution in [3.8, 4) is 0 Å². The van der Waals surface area contributed by atoms with Gasteiger partial charge in [0.05, 0.1) is 6.54 Å². The first-order valence-corrected chi connectivity index (χ1v) is 9.56. The first-order valence-electron chi connectivity index (χ1n) is 9.56. The molecule has 1 fully saturated rings. The third kappa shape index (κ3) is 7.14. The minimum atomic E-state index is 0. The summed E-state index contributed by atoms with van der Waals surface area (Å²) in [4.78, 5) is 11.3. The predicted octanol–water partition coefficient (Wildman–Crippen LogP) is 2.70. The smallest absolute Gasteiger partial charge is 0.191 e. The van der Waals surface area contributed by atoms with Crippen LogP contribution < -0.4 is 10.6 Å². The first kappa shape index (κ1) is 21.7. The molecule has 27 heavy (non-hydrogen) atoms. The van der Waals surface area contributed by atoms with Crippen molar-refractivity contribution >= 4 is 29.9 Å². The van der Waals surface area contributed by atoms with Crippen molar-refractivity contribution in [1.82, 2.24) is 25.1 Å². The van der Waals surface area contributed by atoms with Crippen LogP contribution in [0.25, 0.3) is 0 Å². The molecule has 7 heteroatoms. The number of aromatic nitrogens is 2. The van der Waals surface area contributed by atoms with Gasteiger partial charge in [-0.05, 0) is 31.5 Å². The number of rotatable bonds is 7. The Morgan fingerprint density at radius 3 is 2.63 bits per heavy atom. The van der Waals surface area contributed by atoms with Crippen LogP contribution in [0.15, 0.2) is 47.7 Å². The van der Waals surface area contributed by atoms with Gasteiger partial charge in [-0.15, -0.1) is 24.0 Å². The first-order chi connectivity index (χ1) is 12.8. The van der Waals surface area contributed by atoms with Gasteiger partial charge in [0.1, 0.15) is 5.82 Å². The topological polar surface area (TPSA) is 57.5 Å². The molecule has 0 amide bonds. The van der Waals surface area contributed by atoms with Crippen LogP contribution in [0.2, 0.25) is 0 Å². The summed E-state index contributed by atoms with van der Waals surface area (Å²) in [6.45, 7) is 5.93. The van der Waals surface area contributed by atoms with Crippen LogP contribution in [0.1, 0.15) is 30.7 Å². The van der Waals surface area contributed by atoms with E-state index in [1.54, 1.807) is 0 Å². The Morgan fingerprint density at radius 1 is 1.11 bits per heavy atom. The van der Waals surface area contributed by atoms with E-state index < -0.39 is 0 Å². The zero-order valence-corrected chi connectivity index (χ0v) is 18.4. The molecule has 0 unspecified atom stereocenters. The Kier molecular flexibility index (Phi) is 9.61. The molecule has 2 N–H and O–H groups in total. The number of benzene rings is 1. The maximum atomic E-state index is 4.48. The summed E-state index contributed by atoms with van der Waals surface area (Å²) in [5, 5.41) is 6.78. The summed E-state index contributed by atoms with van der Waals surface area (Å²) < 4.78 is 2.17. The average Bonchev–Trinajstić information content (AvgIpc) is 3.13. The normalized spacial score (nSPS) is 15.2. The molecule has 1 aromatic heterocycles. The second-order valence-corrected chi connectivity index (χ2v) is 6.71. The second-order valence-electron chi connectivity index (χ2n) is 6.71. The zero-order valence-electron chi connectivity index (χ0n) is 16.1. The fraction of sp³-hybridized carbons (Fsp3) is 0.500. The van der Waals surface area contributed by atoms with E-state index in [9.17, 15) is 0 Å². The van der Waals surface area contributed by atoms with Crippen LogP contribution in [-0.2, 0) is 13.1 Å². The van der Waals surface area contributed by atoms with E-state index in [0.717, 1.165) is 31.4 Å². The molecule has 0 spiro atoms. The number of likely N-dealkylation sites (tertiary alicyclic amines) is 1. The molecule has 0 radical (unpaired) electrons. The molecular formula is C20H31IN6. The molecule has 3 rings (SSSR count). The van der Waals surface area contributed by atoms with Crippen molar-refractivity contribution in [1.29, 1.82) is 0 Å². The fourth-order valence-corrected chi connectivity index (χ4v) is 3.33. The number of hydrogen-bond acceptors (Lipinski definition) is 3. The Balaban J connectivity index is 0.00000261. The van der Waals surface area contributed by atoms with Gasteiger partial charge >= 0.3 is 0 Å². The minimum Gasteiger partial charge on any atom is -0.355 e. The minimum absolute atomic E-state index is 0. The van der Waals surface area contributed by atoms with Gasteiger partial charge in [-0.25, -0.2) is 4.98 Å². The predicted molar refractivity (Wildman–Crippen MR) is 122 cm³/mol. The third-order valence-corrected chi connectivity index (χ3v) is 4.80. The van der Waals surface area contributed by atoms with Crippen LogP contribution in [0, 0.1) is 0 Å². The van der Waals surface area contributed by atoms with Gasteiger partial charge in [-0.1, -0.05) is 36.8 Å². The Labute approximate surface area is 179 Å². The van der Waals surface area contributed by atoms with Gasteiger partial charge in [0, 0.05) is 39.1 Å². The van der Waals surface area contributed by atoms with E-state index in [-0.39, 0.29) is 24.0 Å². The highest BCUT2D eigenvalue weighted by Gasteiger charge is 2.10. The molecule has 0 saturated carbocycles. The van der Waals surface area contributed by atoms with Crippen molar-refractivity contribution in [2.75, 3.05) is 33.2 Å². The van der Waals surface area contributed by atoms with Crippen molar-refractivity contribution in [3.63, 3.8) is 0 Å². The number of piperidine rings is 1. The van der Waals surface area contributed by atoms with Crippen LogP contribution in [0.5, 0.6) is 0 Å². The number of halogens is 1. The maximum absolute atomic E-state index is 4.48. The summed E-state index contributed by atoms with van der Waals surface area (Å²) in [7, 11) is 1.81. The second kappa shape index (κ2) is 12.0. The zero-order chi connectivity index (χ0) is 18.0. The van der Waals surface area contributed by atoms with Crippen LogP contribution in [0.4, 0.5) is 0 Å². The number of nitrogens with zero attached hydrogens (tertiary/aromatic N) is 4. The van der Waals surface area contributed by atoms with Crippen molar-refractivity contribution < 1.29 is 0 Å². The van der Waals surface area contributed by atoms with E-state index in [2.05, 4.69) is 54.3 Å². The lowest BCUT2D eigenvalue weighted by atomic mass is 10.1. The number of hydrogen-bond donors (Lipinski definition) is 2. The summed E-state index contributed by atoms with van der Waals surface area (Å²) in [6, 6.07) is 10.5. The fourth-order valence-electron chi connectivity index (χ4n) is 3.33. The number of aliphatic imine (C=N–C) groups is 1. The summed E-state index contributed by atoms with van der Waals surface area (Å²) in [6.07, 6.45) is 7.92. The molecule has 2 aromatic rings. The van der Waals surface area contributed by atoms with Gasteiger partial charge in [0.25, 0.3) is 0 Å². The molecule has 0 aliphatic carbocycles. The standard InChI is InChI=1S/C20H30N6.HI/c1-21-20(23-10-14-25-12-6-3-7-13-25)24-16-19-22-11-15-26(19)17-18-8-4-2-5-9-18;/h2,4-5,8-9,11,15H,3,6-7,10,12-14,16-17H2,1H3,(H2,21,23,24);1H. The quantitative estimate of drug-likeness (QED) is 0.362. The van der Waals surface area contributed by atoms with E-state index in [1.807, 2.05) is 25.5 Å². The highest BCUT2D eigenvalue weighted by molar-refractivity contribution is 14.0. The monoisotopic (exact) mass is 482 g/mol. The number of nitrogens with one attached hydrogen (secondary N) is 2. The molecule has 1 aromatic carbocycles. The van der Waals surface area contributed by atoms with Crippen molar-refractivity contribution in [2.45, 2.75) is 32.4 Å². The lowest BCUT2D eigenvalue weighted by Crippen LogP contribution is -2.42. The molecule has 148 valence electrons. The molecule has 2 heterocycles. The lowest BCUT2D eigenvalue weighted by molar-refractivity contribution is 0.232. The lowest BCUT2D eigenvalue weighted by Gasteiger charge is -2.26. The van der Waals surface area contributed by atoms with Gasteiger partial charge in [-0.2, -0.15) is 0 Å². The van der Waals surface area contributed by atoms with E-state index in [1.165, 1.54) is 37.9 Å². The maximum Gasteiger partial charge on any atom is 0.191 e. The molecule has 1 saturated heterocycles. The van der Waals surface area contributed by atoms with Crippen LogP contribution in [0.3, 0.4) is 0 Å². The largest absolute Gasteiger partial charge is 0.355 e. The summed E-state index contributed by atoms with van der Waals surface area (Å²) in [5.41, 5.74) is 1.27. The molecule has 1 aliphatic rings. The highest BCUT2D eigenvalue weighted by Crippen LogP contribution is 2.07. The number of guanidine groups is 1. The SMILES string of the molecule is CN=C(NCCN1CCCCC1)NCc1nccn1Cc1ccccc1.I. The Hall–Kier alpha value is -1.61. The number of imidazole rings is 1. The van der Waals surface area contributed by atoms with Gasteiger partial charge in [-0.3, -0.25) is 4.99 Å². The molecular weight excluding hydrogens is 451 g/mol. The van der Waals surface area contributed by atoms with E-state index in [4.69, 9.17) is 0 Å². The van der Waals surface area contributed by atoms with Crippen LogP contribution in [-0.4, -0.2) is 53.6 Å². The van der Waals surface area contributed by atoms with Crippen molar-refractivity contribution in [2.24, 2.45) is 4.99 Å². The summed E-state index contributed by atoms with van der Waals surface area (Å²) >= 11 is 0. The average molecular weight is 482 g/mol. The molecule has 6 nitrogen and oxygen atoms in total. The highest BCUT2D eigenvalue weighted by atomic mass is 127. The molecule has 0 bridgehead atoms. The van der Waals surface area contributed by atoms with Crippen LogP contribution >= 0.6 is 24.0 Å². The Morgan fingerprint density at radius 2 is 1.89 bits per heavy atom.